The lowest BCUT2D eigenvalue weighted by molar-refractivity contribution is -0.126. The first-order valence-corrected chi connectivity index (χ1v) is 11.7. The number of rotatable bonds is 4. The molecule has 5 rings (SSSR count). The van der Waals surface area contributed by atoms with Crippen LogP contribution in [0.1, 0.15) is 87.0 Å². The fourth-order valence-electron chi connectivity index (χ4n) is 4.63. The molecule has 31 heavy (non-hydrogen) atoms. The molecule has 1 unspecified atom stereocenters. The van der Waals surface area contributed by atoms with Gasteiger partial charge in [0.15, 0.2) is 5.65 Å². The molecule has 0 radical (unpaired) electrons. The Kier molecular flexibility index (Phi) is 4.83. The molecule has 7 heteroatoms. The number of likely N-dealkylation sites (tertiary alicyclic amines) is 1. The third-order valence-corrected chi connectivity index (χ3v) is 6.70. The van der Waals surface area contributed by atoms with Gasteiger partial charge in [0.1, 0.15) is 0 Å². The highest BCUT2D eigenvalue weighted by Gasteiger charge is 2.35. The van der Waals surface area contributed by atoms with Crippen molar-refractivity contribution >= 4 is 22.8 Å². The van der Waals surface area contributed by atoms with E-state index in [0.29, 0.717) is 30.6 Å². The van der Waals surface area contributed by atoms with Gasteiger partial charge < -0.3 is 10.2 Å². The van der Waals surface area contributed by atoms with Gasteiger partial charge in [0.25, 0.3) is 5.91 Å². The first kappa shape index (κ1) is 20.5. The van der Waals surface area contributed by atoms with Crippen molar-refractivity contribution in [2.24, 2.45) is 5.92 Å². The summed E-state index contributed by atoms with van der Waals surface area (Å²) in [5, 5.41) is 8.74. The number of fused-ring (bicyclic) bond motifs is 1. The Morgan fingerprint density at radius 2 is 1.87 bits per heavy atom. The minimum absolute atomic E-state index is 0.00906. The minimum atomic E-state index is -0.223. The van der Waals surface area contributed by atoms with E-state index in [9.17, 15) is 9.59 Å². The maximum absolute atomic E-state index is 13.8. The number of pyridine rings is 1. The maximum Gasteiger partial charge on any atom is 0.254 e. The van der Waals surface area contributed by atoms with Crippen LogP contribution in [0.2, 0.25) is 0 Å². The first-order valence-electron chi connectivity index (χ1n) is 11.7. The quantitative estimate of drug-likeness (QED) is 0.816. The Labute approximate surface area is 183 Å². The average molecular weight is 424 g/mol. The van der Waals surface area contributed by atoms with Crippen LogP contribution in [0.5, 0.6) is 0 Å². The molecule has 1 aliphatic heterocycles. The summed E-state index contributed by atoms with van der Waals surface area (Å²) < 4.78 is 1.96. The highest BCUT2D eigenvalue weighted by Crippen LogP contribution is 2.41. The molecule has 2 amide bonds. The smallest absolute Gasteiger partial charge is 0.254 e. The summed E-state index contributed by atoms with van der Waals surface area (Å²) in [5.41, 5.74) is 3.12. The van der Waals surface area contributed by atoms with Crippen molar-refractivity contribution < 1.29 is 9.59 Å². The summed E-state index contributed by atoms with van der Waals surface area (Å²) in [4.78, 5) is 33.2. The van der Waals surface area contributed by atoms with E-state index in [1.54, 1.807) is 0 Å². The van der Waals surface area contributed by atoms with E-state index >= 15 is 0 Å². The molecule has 0 spiro atoms. The molecule has 166 valence electrons. The molecule has 3 aliphatic rings. The van der Waals surface area contributed by atoms with Crippen LogP contribution in [0.3, 0.4) is 0 Å². The molecule has 0 bridgehead atoms. The summed E-state index contributed by atoms with van der Waals surface area (Å²) in [5.74, 6) is 0.444. The van der Waals surface area contributed by atoms with Crippen LogP contribution in [0, 0.1) is 12.8 Å². The van der Waals surface area contributed by atoms with Gasteiger partial charge in [-0.15, -0.1) is 0 Å². The third kappa shape index (κ3) is 3.94. The number of nitrogens with zero attached hydrogens (tertiary/aromatic N) is 4. The Morgan fingerprint density at radius 1 is 1.13 bits per heavy atom. The van der Waals surface area contributed by atoms with Gasteiger partial charge in [-0.05, 0) is 72.3 Å². The molecule has 1 saturated heterocycles. The second kappa shape index (κ2) is 7.31. The van der Waals surface area contributed by atoms with E-state index in [4.69, 9.17) is 10.1 Å². The largest absolute Gasteiger partial charge is 0.353 e. The Bertz CT molecular complexity index is 1040. The number of hydrogen-bond donors (Lipinski definition) is 1. The van der Waals surface area contributed by atoms with E-state index in [-0.39, 0.29) is 23.3 Å². The van der Waals surface area contributed by atoms with Crippen LogP contribution in [0.25, 0.3) is 11.0 Å². The van der Waals surface area contributed by atoms with Crippen molar-refractivity contribution in [1.29, 1.82) is 0 Å². The van der Waals surface area contributed by atoms with Gasteiger partial charge in [0.05, 0.1) is 28.1 Å². The van der Waals surface area contributed by atoms with Crippen molar-refractivity contribution in [1.82, 2.24) is 25.0 Å². The highest BCUT2D eigenvalue weighted by atomic mass is 16.2. The molecule has 2 aliphatic carbocycles. The minimum Gasteiger partial charge on any atom is -0.353 e. The maximum atomic E-state index is 13.8. The molecule has 2 saturated carbocycles. The summed E-state index contributed by atoms with van der Waals surface area (Å²) in [6.45, 7) is 9.48. The number of amides is 2. The topological polar surface area (TPSA) is 80.1 Å². The molecule has 1 N–H and O–H groups in total. The summed E-state index contributed by atoms with van der Waals surface area (Å²) in [7, 11) is 0. The lowest BCUT2D eigenvalue weighted by atomic mass is 9.96. The second-order valence-corrected chi connectivity index (χ2v) is 10.6. The molecular formula is C24H33N5O2. The van der Waals surface area contributed by atoms with Crippen LogP contribution < -0.4 is 5.32 Å². The number of aryl methyl sites for hydroxylation is 1. The van der Waals surface area contributed by atoms with Gasteiger partial charge in [-0.1, -0.05) is 0 Å². The standard InChI is InChI=1S/C24H33N5O2/c1-14-20-18(12-19(15-7-8-15)26-21(20)29(27-14)24(2,3)4)23(31)28-11-5-6-16(13-28)22(30)25-17-9-10-17/h12,15-17H,5-11,13H2,1-4H3,(H,25,30). The normalized spacial score (nSPS) is 22.1. The molecule has 2 aromatic rings. The summed E-state index contributed by atoms with van der Waals surface area (Å²) in [6.07, 6.45) is 6.12. The van der Waals surface area contributed by atoms with Crippen molar-refractivity contribution in [3.63, 3.8) is 0 Å². The lowest BCUT2D eigenvalue weighted by Crippen LogP contribution is -2.46. The zero-order chi connectivity index (χ0) is 21.9. The van der Waals surface area contributed by atoms with Gasteiger partial charge in [-0.2, -0.15) is 5.10 Å². The zero-order valence-corrected chi connectivity index (χ0v) is 19.1. The van der Waals surface area contributed by atoms with Gasteiger partial charge in [0.2, 0.25) is 5.91 Å². The summed E-state index contributed by atoms with van der Waals surface area (Å²) >= 11 is 0. The lowest BCUT2D eigenvalue weighted by Gasteiger charge is -2.32. The molecular weight excluding hydrogens is 390 g/mol. The monoisotopic (exact) mass is 423 g/mol. The molecule has 3 heterocycles. The molecule has 0 aromatic carbocycles. The zero-order valence-electron chi connectivity index (χ0n) is 19.1. The fourth-order valence-corrected chi connectivity index (χ4v) is 4.63. The average Bonchev–Trinajstić information content (AvgIpc) is 3.65. The highest BCUT2D eigenvalue weighted by molar-refractivity contribution is 6.06. The van der Waals surface area contributed by atoms with Crippen LogP contribution in [-0.2, 0) is 10.3 Å². The van der Waals surface area contributed by atoms with Crippen molar-refractivity contribution in [3.8, 4) is 0 Å². The Hall–Kier alpha value is -2.44. The number of carbonyl (C=O) groups is 2. The van der Waals surface area contributed by atoms with E-state index in [0.717, 1.165) is 60.9 Å². The predicted molar refractivity (Wildman–Crippen MR) is 119 cm³/mol. The predicted octanol–water partition coefficient (Wildman–Crippen LogP) is 3.50. The molecule has 2 aromatic heterocycles. The van der Waals surface area contributed by atoms with E-state index in [1.807, 2.05) is 22.6 Å². The van der Waals surface area contributed by atoms with E-state index < -0.39 is 0 Å². The van der Waals surface area contributed by atoms with E-state index in [1.165, 1.54) is 0 Å². The second-order valence-electron chi connectivity index (χ2n) is 10.6. The Balaban J connectivity index is 1.50. The number of carbonyl (C=O) groups excluding carboxylic acids is 2. The van der Waals surface area contributed by atoms with Crippen LogP contribution >= 0.6 is 0 Å². The van der Waals surface area contributed by atoms with Crippen LogP contribution in [-0.4, -0.2) is 50.6 Å². The number of hydrogen-bond acceptors (Lipinski definition) is 4. The number of piperidine rings is 1. The van der Waals surface area contributed by atoms with Gasteiger partial charge >= 0.3 is 0 Å². The van der Waals surface area contributed by atoms with Crippen molar-refractivity contribution in [2.75, 3.05) is 13.1 Å². The van der Waals surface area contributed by atoms with Gasteiger partial charge in [-0.25, -0.2) is 9.67 Å². The van der Waals surface area contributed by atoms with Crippen molar-refractivity contribution in [3.05, 3.63) is 23.0 Å². The molecule has 7 nitrogen and oxygen atoms in total. The van der Waals surface area contributed by atoms with Crippen LogP contribution in [0.15, 0.2) is 6.07 Å². The van der Waals surface area contributed by atoms with Gasteiger partial charge in [-0.3, -0.25) is 9.59 Å². The van der Waals surface area contributed by atoms with Crippen LogP contribution in [0.4, 0.5) is 0 Å². The molecule has 1 atom stereocenters. The number of aromatic nitrogens is 3. The Morgan fingerprint density at radius 3 is 2.52 bits per heavy atom. The van der Waals surface area contributed by atoms with Crippen molar-refractivity contribution in [2.45, 2.75) is 83.7 Å². The first-order chi connectivity index (χ1) is 14.7. The molecule has 3 fully saturated rings. The fraction of sp³-hybridized carbons (Fsp3) is 0.667. The van der Waals surface area contributed by atoms with E-state index in [2.05, 4.69) is 26.1 Å². The SMILES string of the molecule is Cc1nn(C(C)(C)C)c2nc(C3CC3)cc(C(=O)N3CCCC(C(=O)NC4CC4)C3)c12. The summed E-state index contributed by atoms with van der Waals surface area (Å²) in [6, 6.07) is 2.35. The number of nitrogens with one attached hydrogen (secondary N) is 1. The third-order valence-electron chi connectivity index (χ3n) is 6.70. The van der Waals surface area contributed by atoms with Gasteiger partial charge in [0, 0.05) is 30.7 Å².